The molecule has 0 aliphatic rings. The third-order valence-electron chi connectivity index (χ3n) is 9.71. The predicted octanol–water partition coefficient (Wildman–Crippen LogP) is 10.0. The third-order valence-corrected chi connectivity index (χ3v) is 13.1. The largest absolute Gasteiger partial charge is 0.445 e. The van der Waals surface area contributed by atoms with Crippen LogP contribution in [0.3, 0.4) is 0 Å². The molecule has 338 valence electrons. The summed E-state index contributed by atoms with van der Waals surface area (Å²) in [7, 11) is -3.07. The number of hydrogen-bond donors (Lipinski definition) is 2. The molecule has 0 aliphatic heterocycles. The van der Waals surface area contributed by atoms with Crippen LogP contribution in [-0.4, -0.2) is 79.4 Å². The van der Waals surface area contributed by atoms with Gasteiger partial charge >= 0.3 is 12.2 Å². The highest BCUT2D eigenvalue weighted by atomic mass is 28.3. The Bertz CT molecular complexity index is 1830. The smallest absolute Gasteiger partial charge is 0.407 e. The lowest BCUT2D eigenvalue weighted by Gasteiger charge is -2.38. The zero-order valence-corrected chi connectivity index (χ0v) is 38.4. The zero-order chi connectivity index (χ0) is 45.1. The summed E-state index contributed by atoms with van der Waals surface area (Å²) in [6.45, 7) is 13.1. The number of halogens is 4. The summed E-state index contributed by atoms with van der Waals surface area (Å²) in [6, 6.07) is 24.0. The molecule has 4 rings (SSSR count). The molecule has 4 aromatic carbocycles. The first-order chi connectivity index (χ1) is 29.5. The van der Waals surface area contributed by atoms with Crippen molar-refractivity contribution in [2.45, 2.75) is 102 Å². The van der Waals surface area contributed by atoms with Crippen LogP contribution in [0.4, 0.5) is 27.2 Å². The van der Waals surface area contributed by atoms with Crippen molar-refractivity contribution in [1.82, 2.24) is 10.6 Å². The topological polar surface area (TPSA) is 114 Å². The first kappa shape index (κ1) is 50.1. The molecule has 4 aromatic rings. The number of amides is 2. The van der Waals surface area contributed by atoms with Crippen LogP contribution in [0.1, 0.15) is 22.3 Å². The van der Waals surface area contributed by atoms with Crippen LogP contribution in [0.25, 0.3) is 0 Å². The van der Waals surface area contributed by atoms with Gasteiger partial charge in [-0.15, -0.1) is 0 Å². The Labute approximate surface area is 364 Å². The Hall–Kier alpha value is -4.59. The van der Waals surface area contributed by atoms with Crippen molar-refractivity contribution in [3.05, 3.63) is 143 Å². The number of carbonyl (C=O) groups excluding carboxylic acids is 2. The van der Waals surface area contributed by atoms with E-state index in [1.807, 2.05) is 12.1 Å². The fourth-order valence-electron chi connectivity index (χ4n) is 6.18. The van der Waals surface area contributed by atoms with Crippen LogP contribution >= 0.6 is 0 Å². The lowest BCUT2D eigenvalue weighted by molar-refractivity contribution is -0.180. The van der Waals surface area contributed by atoms with Gasteiger partial charge in [0.25, 0.3) is 0 Å². The van der Waals surface area contributed by atoms with Crippen molar-refractivity contribution >= 4 is 28.3 Å². The van der Waals surface area contributed by atoms with Gasteiger partial charge in [-0.1, -0.05) is 112 Å². The maximum atomic E-state index is 14.7. The predicted molar refractivity (Wildman–Crippen MR) is 235 cm³/mol. The van der Waals surface area contributed by atoms with Crippen LogP contribution in [0.2, 0.25) is 51.4 Å². The maximum Gasteiger partial charge on any atom is 0.407 e. The van der Waals surface area contributed by atoms with E-state index in [9.17, 15) is 27.2 Å². The van der Waals surface area contributed by atoms with Crippen molar-refractivity contribution in [2.75, 3.05) is 26.8 Å². The number of carbonyl (C=O) groups is 2. The Balaban J connectivity index is 1.79. The number of hydrogen-bond acceptors (Lipinski definition) is 8. The minimum atomic E-state index is -1.54. The molecule has 10 nitrogen and oxygen atoms in total. The standard InChI is InChI=1S/C46H60F4N2O8Si2/c1-61(2,3)23-21-55-31-59-43(41(27-35-17-19-37(47)39(49)25-35)51-45(53)57-29-33-13-9-7-10-14-33)44(60-32-56-22-24-62(4,5)6)42(28-36-18-20-38(48)40(50)26-36)52-46(54)58-30-34-15-11-8-12-16-34/h7-20,25-26,41-44H,21-24,27-32H2,1-6H3,(H,51,53)(H,52,54)/t41-,42-,43+,44+/m1/s1. The average molecular weight is 901 g/mol. The second-order valence-electron chi connectivity index (χ2n) is 17.5. The fourth-order valence-corrected chi connectivity index (χ4v) is 7.69. The van der Waals surface area contributed by atoms with Gasteiger partial charge in [0.05, 0.1) is 12.1 Å². The first-order valence-corrected chi connectivity index (χ1v) is 28.1. The summed E-state index contributed by atoms with van der Waals surface area (Å²) in [5.41, 5.74) is 1.99. The van der Waals surface area contributed by atoms with Crippen molar-refractivity contribution in [1.29, 1.82) is 0 Å². The summed E-state index contributed by atoms with van der Waals surface area (Å²) in [5.74, 6) is -4.35. The minimum absolute atomic E-state index is 0.0890. The molecule has 0 bridgehead atoms. The second-order valence-corrected chi connectivity index (χ2v) is 28.7. The molecule has 0 radical (unpaired) electrons. The van der Waals surface area contributed by atoms with Crippen molar-refractivity contribution in [2.24, 2.45) is 0 Å². The molecule has 0 unspecified atom stereocenters. The van der Waals surface area contributed by atoms with Crippen LogP contribution in [0.5, 0.6) is 0 Å². The van der Waals surface area contributed by atoms with Crippen molar-refractivity contribution < 1.29 is 55.6 Å². The van der Waals surface area contributed by atoms with E-state index < -0.39 is 75.9 Å². The van der Waals surface area contributed by atoms with Gasteiger partial charge in [0.2, 0.25) is 0 Å². The summed E-state index contributed by atoms with van der Waals surface area (Å²) < 4.78 is 94.1. The minimum Gasteiger partial charge on any atom is -0.445 e. The molecular formula is C46H60F4N2O8Si2. The molecule has 2 amide bonds. The molecule has 62 heavy (non-hydrogen) atoms. The van der Waals surface area contributed by atoms with E-state index in [2.05, 4.69) is 49.9 Å². The Morgan fingerprint density at radius 2 is 0.887 bits per heavy atom. The lowest BCUT2D eigenvalue weighted by atomic mass is 9.90. The van der Waals surface area contributed by atoms with E-state index in [-0.39, 0.29) is 50.8 Å². The summed E-state index contributed by atoms with van der Waals surface area (Å²) in [5, 5.41) is 5.70. The zero-order valence-electron chi connectivity index (χ0n) is 36.4. The van der Waals surface area contributed by atoms with Crippen molar-refractivity contribution in [3.63, 3.8) is 0 Å². The lowest BCUT2D eigenvalue weighted by Crippen LogP contribution is -2.59. The Morgan fingerprint density at radius 3 is 1.23 bits per heavy atom. The summed E-state index contributed by atoms with van der Waals surface area (Å²) in [6.07, 6.45) is -4.55. The number of alkyl carbamates (subject to hydrolysis) is 2. The van der Waals surface area contributed by atoms with Crippen LogP contribution in [-0.2, 0) is 54.5 Å². The third kappa shape index (κ3) is 18.8. The Morgan fingerprint density at radius 1 is 0.516 bits per heavy atom. The van der Waals surface area contributed by atoms with Gasteiger partial charge < -0.3 is 39.1 Å². The summed E-state index contributed by atoms with van der Waals surface area (Å²) >= 11 is 0. The van der Waals surface area contributed by atoms with E-state index in [4.69, 9.17) is 28.4 Å². The quantitative estimate of drug-likeness (QED) is 0.0293. The highest BCUT2D eigenvalue weighted by Gasteiger charge is 2.40. The SMILES string of the molecule is C[Si](C)(C)CCOCO[C@H]([C@@H](OCOCC[Si](C)(C)C)[C@@H](Cc1ccc(F)c(F)c1)NC(=O)OCc1ccccc1)[C@@H](Cc1ccc(F)c(F)c1)NC(=O)OCc1ccccc1. The second kappa shape index (κ2) is 24.9. The number of rotatable bonds is 25. The van der Waals surface area contributed by atoms with Crippen LogP contribution in [0.15, 0.2) is 97.1 Å². The molecule has 2 N–H and O–H groups in total. The first-order valence-electron chi connectivity index (χ1n) is 20.7. The van der Waals surface area contributed by atoms with Crippen molar-refractivity contribution in [3.8, 4) is 0 Å². The maximum absolute atomic E-state index is 14.7. The highest BCUT2D eigenvalue weighted by Crippen LogP contribution is 2.23. The molecule has 0 spiro atoms. The van der Waals surface area contributed by atoms with Gasteiger partial charge in [0, 0.05) is 29.4 Å². The molecule has 0 saturated carbocycles. The number of nitrogens with one attached hydrogen (secondary N) is 2. The molecule has 0 saturated heterocycles. The van der Waals surface area contributed by atoms with Gasteiger partial charge in [-0.25, -0.2) is 27.2 Å². The molecule has 0 heterocycles. The average Bonchev–Trinajstić information content (AvgIpc) is 3.21. The van der Waals surface area contributed by atoms with E-state index in [1.54, 1.807) is 48.5 Å². The van der Waals surface area contributed by atoms with Gasteiger partial charge in [0.1, 0.15) is 39.0 Å². The van der Waals surface area contributed by atoms with Gasteiger partial charge in [-0.2, -0.15) is 0 Å². The molecule has 16 heteroatoms. The normalized spacial score (nSPS) is 13.8. The molecular weight excluding hydrogens is 841 g/mol. The Kier molecular flexibility index (Phi) is 20.1. The molecule has 4 atom stereocenters. The number of benzene rings is 4. The van der Waals surface area contributed by atoms with E-state index in [0.29, 0.717) is 24.3 Å². The van der Waals surface area contributed by atoms with Gasteiger partial charge in [-0.05, 0) is 71.4 Å². The number of ether oxygens (including phenoxy) is 6. The van der Waals surface area contributed by atoms with Crippen LogP contribution in [0, 0.1) is 23.3 Å². The highest BCUT2D eigenvalue weighted by molar-refractivity contribution is 6.76. The van der Waals surface area contributed by atoms with Gasteiger partial charge in [0.15, 0.2) is 23.3 Å². The molecule has 0 aromatic heterocycles. The summed E-state index contributed by atoms with van der Waals surface area (Å²) in [4.78, 5) is 27.4. The molecule has 0 aliphatic carbocycles. The monoisotopic (exact) mass is 900 g/mol. The van der Waals surface area contributed by atoms with E-state index >= 15 is 0 Å². The van der Waals surface area contributed by atoms with Crippen LogP contribution < -0.4 is 10.6 Å². The fraction of sp³-hybridized carbons (Fsp3) is 0.435. The van der Waals surface area contributed by atoms with E-state index in [0.717, 1.165) is 36.4 Å². The molecule has 0 fully saturated rings. The van der Waals surface area contributed by atoms with Gasteiger partial charge in [-0.3, -0.25) is 0 Å². The van der Waals surface area contributed by atoms with E-state index in [1.165, 1.54) is 12.1 Å².